The van der Waals surface area contributed by atoms with E-state index in [1.165, 1.54) is 36.9 Å². The Labute approximate surface area is 152 Å². The zero-order valence-corrected chi connectivity index (χ0v) is 14.9. The van der Waals surface area contributed by atoms with Crippen molar-refractivity contribution < 1.29 is 4.79 Å². The summed E-state index contributed by atoms with van der Waals surface area (Å²) in [5.41, 5.74) is 4.14. The van der Waals surface area contributed by atoms with Gasteiger partial charge in [-0.25, -0.2) is 0 Å². The molecule has 1 amide bonds. The standard InChI is InChI=1S/C19H24N6O/c26-19(17-8-16(22-23-17)13-5-6-13)20-9-12-10-25(11-12)18-7-14-3-1-2-4-15(14)21-24-18/h7-8,12-13H,1-6,9-11H2,(H,20,26)(H,22,23). The lowest BCUT2D eigenvalue weighted by Gasteiger charge is -2.40. The van der Waals surface area contributed by atoms with Crippen molar-refractivity contribution in [2.75, 3.05) is 24.5 Å². The van der Waals surface area contributed by atoms with Gasteiger partial charge in [0, 0.05) is 37.2 Å². The fourth-order valence-electron chi connectivity index (χ4n) is 3.90. The average molecular weight is 352 g/mol. The minimum absolute atomic E-state index is 0.0832. The SMILES string of the molecule is O=C(NCC1CN(c2cc3c(nn2)CCCC3)C1)c1cc(C2CC2)[nH]n1. The van der Waals surface area contributed by atoms with E-state index < -0.39 is 0 Å². The molecule has 7 nitrogen and oxygen atoms in total. The number of anilines is 1. The predicted octanol–water partition coefficient (Wildman–Crippen LogP) is 1.82. The van der Waals surface area contributed by atoms with Crippen molar-refractivity contribution >= 4 is 11.7 Å². The number of aryl methyl sites for hydroxylation is 2. The Bertz CT molecular complexity index is 821. The molecule has 0 bridgehead atoms. The van der Waals surface area contributed by atoms with Gasteiger partial charge in [-0.05, 0) is 56.2 Å². The highest BCUT2D eigenvalue weighted by atomic mass is 16.1. The zero-order valence-electron chi connectivity index (χ0n) is 14.9. The number of nitrogens with zero attached hydrogens (tertiary/aromatic N) is 4. The summed E-state index contributed by atoms with van der Waals surface area (Å²) in [6, 6.07) is 4.10. The zero-order chi connectivity index (χ0) is 17.5. The fraction of sp³-hybridized carbons (Fsp3) is 0.579. The number of amides is 1. The second-order valence-corrected chi connectivity index (χ2v) is 7.85. The van der Waals surface area contributed by atoms with Crippen LogP contribution in [0.4, 0.5) is 5.82 Å². The topological polar surface area (TPSA) is 86.8 Å². The van der Waals surface area contributed by atoms with Gasteiger partial charge in [-0.15, -0.1) is 5.10 Å². The van der Waals surface area contributed by atoms with E-state index >= 15 is 0 Å². The minimum atomic E-state index is -0.0832. The van der Waals surface area contributed by atoms with Gasteiger partial charge in [-0.3, -0.25) is 9.89 Å². The molecule has 3 aliphatic rings. The monoisotopic (exact) mass is 352 g/mol. The Morgan fingerprint density at radius 3 is 2.88 bits per heavy atom. The Kier molecular flexibility index (Phi) is 3.87. The molecular weight excluding hydrogens is 328 g/mol. The molecular formula is C19H24N6O. The Balaban J connectivity index is 1.12. The van der Waals surface area contributed by atoms with Crippen LogP contribution >= 0.6 is 0 Å². The van der Waals surface area contributed by atoms with Crippen LogP contribution in [0.5, 0.6) is 0 Å². The highest BCUT2D eigenvalue weighted by Gasteiger charge is 2.30. The number of fused-ring (bicyclic) bond motifs is 1. The second kappa shape index (κ2) is 6.37. The largest absolute Gasteiger partial charge is 0.354 e. The van der Waals surface area contributed by atoms with E-state index in [0.717, 1.165) is 37.4 Å². The van der Waals surface area contributed by atoms with Gasteiger partial charge in [0.15, 0.2) is 5.82 Å². The number of H-pyrrole nitrogens is 1. The molecule has 0 radical (unpaired) electrons. The Hall–Kier alpha value is -2.44. The molecule has 0 atom stereocenters. The van der Waals surface area contributed by atoms with E-state index in [1.54, 1.807) is 0 Å². The van der Waals surface area contributed by atoms with Crippen molar-refractivity contribution in [3.63, 3.8) is 0 Å². The van der Waals surface area contributed by atoms with Crippen LogP contribution in [0.15, 0.2) is 12.1 Å². The van der Waals surface area contributed by atoms with Crippen LogP contribution in [0.25, 0.3) is 0 Å². The predicted molar refractivity (Wildman–Crippen MR) is 97.3 cm³/mol. The van der Waals surface area contributed by atoms with Crippen LogP contribution in [0, 0.1) is 5.92 Å². The van der Waals surface area contributed by atoms with Crippen molar-refractivity contribution in [2.24, 2.45) is 5.92 Å². The number of rotatable bonds is 5. The van der Waals surface area contributed by atoms with Crippen molar-refractivity contribution in [1.29, 1.82) is 0 Å². The molecule has 7 heteroatoms. The van der Waals surface area contributed by atoms with Crippen LogP contribution < -0.4 is 10.2 Å². The molecule has 1 saturated carbocycles. The summed E-state index contributed by atoms with van der Waals surface area (Å²) in [6.07, 6.45) is 7.07. The number of aromatic nitrogens is 4. The molecule has 0 aromatic carbocycles. The van der Waals surface area contributed by atoms with Crippen LogP contribution in [0.2, 0.25) is 0 Å². The van der Waals surface area contributed by atoms with E-state index in [9.17, 15) is 4.79 Å². The normalized spacial score (nSPS) is 19.8. The third-order valence-electron chi connectivity index (χ3n) is 5.74. The number of carbonyl (C=O) groups is 1. The van der Waals surface area contributed by atoms with E-state index in [-0.39, 0.29) is 5.91 Å². The summed E-state index contributed by atoms with van der Waals surface area (Å²) in [4.78, 5) is 14.5. The first-order chi connectivity index (χ1) is 12.8. The summed E-state index contributed by atoms with van der Waals surface area (Å²) in [7, 11) is 0. The van der Waals surface area contributed by atoms with Crippen molar-refractivity contribution in [3.05, 3.63) is 34.8 Å². The van der Waals surface area contributed by atoms with Gasteiger partial charge in [-0.2, -0.15) is 10.2 Å². The molecule has 5 rings (SSSR count). The summed E-state index contributed by atoms with van der Waals surface area (Å²) < 4.78 is 0. The minimum Gasteiger partial charge on any atom is -0.354 e. The lowest BCUT2D eigenvalue weighted by molar-refractivity contribution is 0.0939. The smallest absolute Gasteiger partial charge is 0.271 e. The molecule has 2 N–H and O–H groups in total. The summed E-state index contributed by atoms with van der Waals surface area (Å²) in [6.45, 7) is 2.52. The van der Waals surface area contributed by atoms with Gasteiger partial charge in [0.2, 0.25) is 0 Å². The maximum absolute atomic E-state index is 12.2. The van der Waals surface area contributed by atoms with E-state index in [1.807, 2.05) is 6.07 Å². The number of hydrogen-bond donors (Lipinski definition) is 2. The summed E-state index contributed by atoms with van der Waals surface area (Å²) in [5, 5.41) is 18.9. The van der Waals surface area contributed by atoms with E-state index in [2.05, 4.69) is 36.7 Å². The van der Waals surface area contributed by atoms with Crippen LogP contribution in [0.3, 0.4) is 0 Å². The molecule has 0 unspecified atom stereocenters. The molecule has 1 saturated heterocycles. The van der Waals surface area contributed by atoms with Gasteiger partial charge in [0.25, 0.3) is 5.91 Å². The first kappa shape index (κ1) is 15.8. The molecule has 136 valence electrons. The quantitative estimate of drug-likeness (QED) is 0.857. The molecule has 2 aliphatic carbocycles. The van der Waals surface area contributed by atoms with E-state index in [4.69, 9.17) is 0 Å². The van der Waals surface area contributed by atoms with Gasteiger partial charge in [0.05, 0.1) is 5.69 Å². The van der Waals surface area contributed by atoms with Crippen molar-refractivity contribution in [3.8, 4) is 0 Å². The number of nitrogens with one attached hydrogen (secondary N) is 2. The third kappa shape index (κ3) is 3.06. The van der Waals surface area contributed by atoms with Gasteiger partial charge in [0.1, 0.15) is 5.69 Å². The maximum Gasteiger partial charge on any atom is 0.271 e. The lowest BCUT2D eigenvalue weighted by Crippen LogP contribution is -2.52. The van der Waals surface area contributed by atoms with Crippen molar-refractivity contribution in [1.82, 2.24) is 25.7 Å². The molecule has 1 aliphatic heterocycles. The Morgan fingerprint density at radius 2 is 2.04 bits per heavy atom. The highest BCUT2D eigenvalue weighted by molar-refractivity contribution is 5.92. The average Bonchev–Trinajstić information content (AvgIpc) is 3.37. The molecule has 26 heavy (non-hydrogen) atoms. The lowest BCUT2D eigenvalue weighted by atomic mass is 9.95. The highest BCUT2D eigenvalue weighted by Crippen LogP contribution is 2.39. The second-order valence-electron chi connectivity index (χ2n) is 7.85. The van der Waals surface area contributed by atoms with Gasteiger partial charge >= 0.3 is 0 Å². The van der Waals surface area contributed by atoms with Crippen LogP contribution in [0.1, 0.15) is 59.0 Å². The molecule has 3 heterocycles. The van der Waals surface area contributed by atoms with Gasteiger partial charge < -0.3 is 10.2 Å². The molecule has 2 fully saturated rings. The first-order valence-electron chi connectivity index (χ1n) is 9.70. The first-order valence-corrected chi connectivity index (χ1v) is 9.70. The number of carbonyl (C=O) groups excluding carboxylic acids is 1. The van der Waals surface area contributed by atoms with Crippen molar-refractivity contribution in [2.45, 2.75) is 44.4 Å². The molecule has 2 aromatic heterocycles. The number of aromatic amines is 1. The van der Waals surface area contributed by atoms with Crippen LogP contribution in [-0.4, -0.2) is 45.9 Å². The summed E-state index contributed by atoms with van der Waals surface area (Å²) in [5.74, 6) is 1.94. The fourth-order valence-corrected chi connectivity index (χ4v) is 3.90. The van der Waals surface area contributed by atoms with Gasteiger partial charge in [-0.1, -0.05) is 0 Å². The third-order valence-corrected chi connectivity index (χ3v) is 5.74. The number of hydrogen-bond acceptors (Lipinski definition) is 5. The maximum atomic E-state index is 12.2. The van der Waals surface area contributed by atoms with Crippen LogP contribution in [-0.2, 0) is 12.8 Å². The van der Waals surface area contributed by atoms with E-state index in [0.29, 0.717) is 24.1 Å². The summed E-state index contributed by atoms with van der Waals surface area (Å²) >= 11 is 0. The molecule has 0 spiro atoms. The Morgan fingerprint density at radius 1 is 1.19 bits per heavy atom. The molecule has 2 aromatic rings.